The lowest BCUT2D eigenvalue weighted by atomic mass is 10.3. The molecule has 1 amide bonds. The van der Waals surface area contributed by atoms with E-state index in [1.54, 1.807) is 18.3 Å². The molecule has 6 nitrogen and oxygen atoms in total. The third kappa shape index (κ3) is 3.48. The first-order chi connectivity index (χ1) is 6.84. The molecule has 1 aromatic heterocycles. The van der Waals surface area contributed by atoms with Crippen molar-refractivity contribution in [2.24, 2.45) is 0 Å². The molecule has 0 spiro atoms. The number of hydrogen-bond donors (Lipinski definition) is 3. The Morgan fingerprint density at radius 1 is 1.71 bits per heavy atom. The van der Waals surface area contributed by atoms with Crippen molar-refractivity contribution in [2.45, 2.75) is 0 Å². The smallest absolute Gasteiger partial charge is 0.252 e. The normalized spacial score (nSPS) is 9.79. The van der Waals surface area contributed by atoms with Gasteiger partial charge < -0.3 is 5.32 Å². The lowest BCUT2D eigenvalue weighted by molar-refractivity contribution is -1.06. The minimum Gasteiger partial charge on any atom is -0.349 e. The minimum atomic E-state index is -0.209. The van der Waals surface area contributed by atoms with Crippen LogP contribution in [0.2, 0.25) is 0 Å². The average Bonchev–Trinajstić information content (AvgIpc) is 2.25. The minimum absolute atomic E-state index is 0.209. The van der Waals surface area contributed by atoms with E-state index in [2.05, 4.69) is 15.1 Å². The van der Waals surface area contributed by atoms with Gasteiger partial charge in [0.05, 0.1) is 5.56 Å². The summed E-state index contributed by atoms with van der Waals surface area (Å²) in [6.45, 7) is 0.577. The molecule has 0 saturated heterocycles. The molecule has 0 saturated carbocycles. The zero-order valence-electron chi connectivity index (χ0n) is 7.51. The van der Waals surface area contributed by atoms with Gasteiger partial charge in [0.25, 0.3) is 5.91 Å². The Morgan fingerprint density at radius 2 is 2.57 bits per heavy atom. The van der Waals surface area contributed by atoms with Crippen molar-refractivity contribution in [3.8, 4) is 0 Å². The van der Waals surface area contributed by atoms with E-state index >= 15 is 0 Å². The quantitative estimate of drug-likeness (QED) is 0.405. The number of carbonyl (C=O) groups excluding carboxylic acids is 1. The Balaban J connectivity index is 2.29. The fourth-order valence-electron chi connectivity index (χ4n) is 0.875. The molecule has 0 radical (unpaired) electrons. The summed E-state index contributed by atoms with van der Waals surface area (Å²) in [7, 11) is 0. The number of nitrogens with one attached hydrogen (secondary N) is 1. The van der Waals surface area contributed by atoms with Gasteiger partial charge in [0.1, 0.15) is 6.61 Å². The van der Waals surface area contributed by atoms with E-state index in [0.717, 1.165) is 0 Å². The predicted molar refractivity (Wildman–Crippen MR) is 46.2 cm³/mol. The number of aromatic nitrogens is 1. The molecule has 0 fully saturated rings. The second kappa shape index (κ2) is 6.03. The average molecular weight is 198 g/mol. The highest BCUT2D eigenvalue weighted by atomic mass is 16.8. The van der Waals surface area contributed by atoms with Crippen LogP contribution in [0.5, 0.6) is 0 Å². The molecule has 1 rings (SSSR count). The van der Waals surface area contributed by atoms with Gasteiger partial charge in [-0.2, -0.15) is 10.0 Å². The van der Waals surface area contributed by atoms with Crippen LogP contribution in [0.25, 0.3) is 0 Å². The SMILES string of the molecule is O=C(NCCO[NH2+]O)c1cccnc1. The number of rotatable bonds is 5. The summed E-state index contributed by atoms with van der Waals surface area (Å²) in [5.74, 6) is -0.209. The molecule has 4 N–H and O–H groups in total. The summed E-state index contributed by atoms with van der Waals surface area (Å²) >= 11 is 0. The Labute approximate surface area is 80.8 Å². The summed E-state index contributed by atoms with van der Waals surface area (Å²) < 4.78 is 0. The van der Waals surface area contributed by atoms with Crippen LogP contribution < -0.4 is 11.0 Å². The molecule has 0 unspecified atom stereocenters. The Morgan fingerprint density at radius 3 is 3.21 bits per heavy atom. The molecule has 76 valence electrons. The summed E-state index contributed by atoms with van der Waals surface area (Å²) in [5, 5.41) is 10.8. The zero-order chi connectivity index (χ0) is 10.2. The summed E-state index contributed by atoms with van der Waals surface area (Å²) in [4.78, 5) is 19.7. The topological polar surface area (TPSA) is 88.1 Å². The van der Waals surface area contributed by atoms with Crippen molar-refractivity contribution in [2.75, 3.05) is 13.2 Å². The van der Waals surface area contributed by atoms with Crippen LogP contribution in [0.1, 0.15) is 10.4 Å². The van der Waals surface area contributed by atoms with Gasteiger partial charge in [-0.15, -0.1) is 0 Å². The van der Waals surface area contributed by atoms with Crippen LogP contribution in [-0.4, -0.2) is 29.3 Å². The van der Waals surface area contributed by atoms with E-state index in [4.69, 9.17) is 5.21 Å². The van der Waals surface area contributed by atoms with Gasteiger partial charge >= 0.3 is 0 Å². The standard InChI is InChI=1S/C8H11N3O3/c12-8(10-4-5-14-11-13)7-2-1-3-9-6-7/h1-3,6,13H,4-5,11H2/p+1. The molecule has 1 heterocycles. The zero-order valence-corrected chi connectivity index (χ0v) is 7.51. The predicted octanol–water partition coefficient (Wildman–Crippen LogP) is -1.30. The van der Waals surface area contributed by atoms with Crippen LogP contribution in [0.15, 0.2) is 24.5 Å². The Bertz CT molecular complexity index is 278. The highest BCUT2D eigenvalue weighted by molar-refractivity contribution is 5.93. The largest absolute Gasteiger partial charge is 0.349 e. The number of nitrogens with two attached hydrogens (primary N) is 1. The molecule has 0 aliphatic carbocycles. The van der Waals surface area contributed by atoms with E-state index in [-0.39, 0.29) is 12.5 Å². The maximum Gasteiger partial charge on any atom is 0.252 e. The van der Waals surface area contributed by atoms with Crippen LogP contribution in [0, 0.1) is 0 Å². The number of quaternary nitrogens is 1. The molecule has 14 heavy (non-hydrogen) atoms. The monoisotopic (exact) mass is 198 g/mol. The van der Waals surface area contributed by atoms with Gasteiger partial charge in [0.2, 0.25) is 0 Å². The van der Waals surface area contributed by atoms with Crippen LogP contribution >= 0.6 is 0 Å². The molecule has 0 atom stereocenters. The van der Waals surface area contributed by atoms with E-state index in [9.17, 15) is 4.79 Å². The molecule has 0 bridgehead atoms. The van der Waals surface area contributed by atoms with Gasteiger partial charge in [-0.1, -0.05) is 5.64 Å². The van der Waals surface area contributed by atoms with Gasteiger partial charge in [-0.25, -0.2) is 0 Å². The third-order valence-corrected chi connectivity index (χ3v) is 1.50. The highest BCUT2D eigenvalue weighted by Crippen LogP contribution is 1.93. The van der Waals surface area contributed by atoms with Gasteiger partial charge in [0, 0.05) is 18.9 Å². The Kier molecular flexibility index (Phi) is 4.56. The molecule has 0 aliphatic heterocycles. The van der Waals surface area contributed by atoms with Crippen molar-refractivity contribution >= 4 is 5.91 Å². The van der Waals surface area contributed by atoms with Gasteiger partial charge in [-0.05, 0) is 12.1 Å². The fraction of sp³-hybridized carbons (Fsp3) is 0.250. The first-order valence-electron chi connectivity index (χ1n) is 4.10. The lowest BCUT2D eigenvalue weighted by Gasteiger charge is -2.02. The van der Waals surface area contributed by atoms with E-state index in [0.29, 0.717) is 17.8 Å². The second-order valence-electron chi connectivity index (χ2n) is 2.47. The molecule has 6 heteroatoms. The first-order valence-corrected chi connectivity index (χ1v) is 4.10. The fourth-order valence-corrected chi connectivity index (χ4v) is 0.875. The molecule has 0 aliphatic rings. The van der Waals surface area contributed by atoms with Gasteiger partial charge in [0.15, 0.2) is 0 Å². The molecular formula is C8H12N3O3+. The maximum absolute atomic E-state index is 11.3. The van der Waals surface area contributed by atoms with Crippen molar-refractivity contribution in [1.82, 2.24) is 10.3 Å². The van der Waals surface area contributed by atoms with Crippen molar-refractivity contribution in [3.63, 3.8) is 0 Å². The van der Waals surface area contributed by atoms with Crippen molar-refractivity contribution in [3.05, 3.63) is 30.1 Å². The van der Waals surface area contributed by atoms with Crippen LogP contribution in [-0.2, 0) is 4.84 Å². The van der Waals surface area contributed by atoms with Crippen LogP contribution in [0.4, 0.5) is 0 Å². The van der Waals surface area contributed by atoms with Crippen molar-refractivity contribution < 1.29 is 20.5 Å². The number of hydrogen-bond acceptors (Lipinski definition) is 4. The maximum atomic E-state index is 11.3. The summed E-state index contributed by atoms with van der Waals surface area (Å²) in [6.07, 6.45) is 3.08. The number of carbonyl (C=O) groups is 1. The number of pyridine rings is 1. The summed E-state index contributed by atoms with van der Waals surface area (Å²) in [5.41, 5.74) is 1.09. The molecule has 0 aromatic carbocycles. The second-order valence-corrected chi connectivity index (χ2v) is 2.47. The summed E-state index contributed by atoms with van der Waals surface area (Å²) in [6, 6.07) is 3.36. The third-order valence-electron chi connectivity index (χ3n) is 1.50. The number of amides is 1. The molecular weight excluding hydrogens is 186 g/mol. The van der Waals surface area contributed by atoms with Gasteiger partial charge in [-0.3, -0.25) is 9.78 Å². The molecule has 1 aromatic rings. The number of nitrogens with zero attached hydrogens (tertiary/aromatic N) is 1. The first kappa shape index (κ1) is 10.6. The van der Waals surface area contributed by atoms with Crippen LogP contribution in [0.3, 0.4) is 0 Å². The lowest BCUT2D eigenvalue weighted by Crippen LogP contribution is -2.79. The van der Waals surface area contributed by atoms with E-state index in [1.165, 1.54) is 6.20 Å². The van der Waals surface area contributed by atoms with E-state index < -0.39 is 0 Å². The Hall–Kier alpha value is -1.50. The highest BCUT2D eigenvalue weighted by Gasteiger charge is 2.03. The van der Waals surface area contributed by atoms with E-state index in [1.807, 2.05) is 0 Å². The van der Waals surface area contributed by atoms with Crippen molar-refractivity contribution in [1.29, 1.82) is 0 Å².